The van der Waals surface area contributed by atoms with Gasteiger partial charge in [0.15, 0.2) is 0 Å². The molecule has 0 radical (unpaired) electrons. The van der Waals surface area contributed by atoms with E-state index in [-0.39, 0.29) is 17.6 Å². The summed E-state index contributed by atoms with van der Waals surface area (Å²) in [4.78, 5) is 16.3. The first kappa shape index (κ1) is 13.5. The Balaban J connectivity index is 2.51. The van der Waals surface area contributed by atoms with Gasteiger partial charge in [0.2, 0.25) is 5.91 Å². The highest BCUT2D eigenvalue weighted by molar-refractivity contribution is 5.88. The fourth-order valence-electron chi connectivity index (χ4n) is 2.20. The van der Waals surface area contributed by atoms with Gasteiger partial charge in [-0.2, -0.15) is 0 Å². The third-order valence-electron chi connectivity index (χ3n) is 3.44. The molecule has 1 aliphatic rings. The van der Waals surface area contributed by atoms with Crippen LogP contribution < -0.4 is 5.32 Å². The van der Waals surface area contributed by atoms with E-state index in [1.165, 1.54) is 0 Å². The molecule has 0 spiro atoms. The average Bonchev–Trinajstić information content (AvgIpc) is 2.42. The number of rotatable bonds is 5. The Morgan fingerprint density at radius 1 is 1.50 bits per heavy atom. The van der Waals surface area contributed by atoms with Crippen LogP contribution in [0.2, 0.25) is 0 Å². The van der Waals surface area contributed by atoms with E-state index in [1.807, 2.05) is 11.8 Å². The normalized spacial score (nSPS) is 30.5. The second kappa shape index (κ2) is 5.15. The molecule has 1 amide bonds. The van der Waals surface area contributed by atoms with Crippen LogP contribution in [0.15, 0.2) is 0 Å². The highest BCUT2D eigenvalue weighted by atomic mass is 16.2. The van der Waals surface area contributed by atoms with Crippen LogP contribution in [0.3, 0.4) is 0 Å². The first-order valence-electron chi connectivity index (χ1n) is 6.14. The van der Waals surface area contributed by atoms with Gasteiger partial charge in [-0.25, -0.2) is 0 Å². The molecular formula is C12H25N3O. The average molecular weight is 227 g/mol. The second-order valence-corrected chi connectivity index (χ2v) is 5.16. The van der Waals surface area contributed by atoms with Gasteiger partial charge >= 0.3 is 0 Å². The Labute approximate surface area is 99.0 Å². The molecule has 1 rings (SSSR count). The van der Waals surface area contributed by atoms with Gasteiger partial charge < -0.3 is 9.80 Å². The smallest absolute Gasteiger partial charge is 0.243 e. The monoisotopic (exact) mass is 227 g/mol. The van der Waals surface area contributed by atoms with Crippen molar-refractivity contribution in [1.82, 2.24) is 15.1 Å². The Kier molecular flexibility index (Phi) is 4.33. The Bertz CT molecular complexity index is 255. The van der Waals surface area contributed by atoms with Crippen LogP contribution in [0.4, 0.5) is 0 Å². The quantitative estimate of drug-likeness (QED) is 0.757. The van der Waals surface area contributed by atoms with Gasteiger partial charge in [0.1, 0.15) is 0 Å². The summed E-state index contributed by atoms with van der Waals surface area (Å²) < 4.78 is 0. The van der Waals surface area contributed by atoms with E-state index in [0.717, 1.165) is 25.9 Å². The van der Waals surface area contributed by atoms with E-state index in [0.29, 0.717) is 0 Å². The van der Waals surface area contributed by atoms with Crippen LogP contribution in [-0.2, 0) is 4.79 Å². The van der Waals surface area contributed by atoms with Crippen LogP contribution in [0.1, 0.15) is 33.6 Å². The van der Waals surface area contributed by atoms with Gasteiger partial charge in [0.25, 0.3) is 0 Å². The maximum atomic E-state index is 12.2. The molecule has 0 aromatic rings. The van der Waals surface area contributed by atoms with E-state index in [2.05, 4.69) is 38.2 Å². The Morgan fingerprint density at radius 3 is 2.56 bits per heavy atom. The zero-order valence-corrected chi connectivity index (χ0v) is 11.2. The van der Waals surface area contributed by atoms with E-state index in [9.17, 15) is 4.79 Å². The molecule has 94 valence electrons. The molecule has 4 nitrogen and oxygen atoms in total. The number of hydrogen-bond donors (Lipinski definition) is 1. The summed E-state index contributed by atoms with van der Waals surface area (Å²) in [5.41, 5.74) is -0.350. The van der Waals surface area contributed by atoms with Gasteiger partial charge in [-0.3, -0.25) is 10.1 Å². The van der Waals surface area contributed by atoms with Crippen LogP contribution in [0.5, 0.6) is 0 Å². The lowest BCUT2D eigenvalue weighted by molar-refractivity contribution is -0.132. The summed E-state index contributed by atoms with van der Waals surface area (Å²) in [6.07, 6.45) is 2.05. The van der Waals surface area contributed by atoms with Gasteiger partial charge in [-0.1, -0.05) is 6.92 Å². The van der Waals surface area contributed by atoms with Crippen molar-refractivity contribution in [3.05, 3.63) is 0 Å². The summed E-state index contributed by atoms with van der Waals surface area (Å²) in [7, 11) is 4.12. The van der Waals surface area contributed by atoms with Crippen molar-refractivity contribution < 1.29 is 4.79 Å². The lowest BCUT2D eigenvalue weighted by atomic mass is 9.99. The van der Waals surface area contributed by atoms with E-state index < -0.39 is 0 Å². The maximum absolute atomic E-state index is 12.2. The highest BCUT2D eigenvalue weighted by Crippen LogP contribution is 2.23. The molecule has 0 aliphatic carbocycles. The van der Waals surface area contributed by atoms with Gasteiger partial charge in [0, 0.05) is 6.54 Å². The van der Waals surface area contributed by atoms with Crippen molar-refractivity contribution in [2.45, 2.75) is 45.3 Å². The first-order chi connectivity index (χ1) is 7.40. The van der Waals surface area contributed by atoms with Crippen molar-refractivity contribution >= 4 is 5.91 Å². The highest BCUT2D eigenvalue weighted by Gasteiger charge is 2.44. The first-order valence-corrected chi connectivity index (χ1v) is 6.14. The van der Waals surface area contributed by atoms with Gasteiger partial charge in [0.05, 0.1) is 11.7 Å². The molecule has 1 aliphatic heterocycles. The molecule has 1 heterocycles. The van der Waals surface area contributed by atoms with E-state index >= 15 is 0 Å². The number of carbonyl (C=O) groups excluding carboxylic acids is 1. The number of nitrogens with zero attached hydrogens (tertiary/aromatic N) is 2. The fraction of sp³-hybridized carbons (Fsp3) is 0.917. The topological polar surface area (TPSA) is 35.6 Å². The fourth-order valence-corrected chi connectivity index (χ4v) is 2.20. The molecule has 16 heavy (non-hydrogen) atoms. The lowest BCUT2D eigenvalue weighted by Crippen LogP contribution is -2.43. The zero-order valence-electron chi connectivity index (χ0n) is 11.2. The summed E-state index contributed by atoms with van der Waals surface area (Å²) in [5, 5.41) is 3.38. The standard InChI is InChI=1S/C12H25N3O/c1-6-12(3)11(16)15(10(2)13-12)9-7-8-14(4)5/h10,13H,6-9H2,1-5H3. The Morgan fingerprint density at radius 2 is 2.12 bits per heavy atom. The minimum Gasteiger partial charge on any atom is -0.326 e. The van der Waals surface area contributed by atoms with Crippen LogP contribution >= 0.6 is 0 Å². The molecule has 0 saturated carbocycles. The van der Waals surface area contributed by atoms with E-state index in [4.69, 9.17) is 0 Å². The molecule has 2 unspecified atom stereocenters. The molecule has 1 saturated heterocycles. The molecular weight excluding hydrogens is 202 g/mol. The van der Waals surface area contributed by atoms with Crippen molar-refractivity contribution in [2.24, 2.45) is 0 Å². The third-order valence-corrected chi connectivity index (χ3v) is 3.44. The molecule has 1 fully saturated rings. The Hall–Kier alpha value is -0.610. The van der Waals surface area contributed by atoms with Crippen LogP contribution in [-0.4, -0.2) is 54.6 Å². The van der Waals surface area contributed by atoms with E-state index in [1.54, 1.807) is 0 Å². The van der Waals surface area contributed by atoms with Crippen molar-refractivity contribution in [1.29, 1.82) is 0 Å². The lowest BCUT2D eigenvalue weighted by Gasteiger charge is -2.22. The summed E-state index contributed by atoms with van der Waals surface area (Å²) in [5.74, 6) is 0.251. The largest absolute Gasteiger partial charge is 0.326 e. The van der Waals surface area contributed by atoms with Crippen molar-refractivity contribution in [3.8, 4) is 0 Å². The third kappa shape index (κ3) is 2.74. The maximum Gasteiger partial charge on any atom is 0.243 e. The molecule has 2 atom stereocenters. The minimum atomic E-state index is -0.350. The molecule has 1 N–H and O–H groups in total. The molecule has 4 heteroatoms. The van der Waals surface area contributed by atoms with Crippen LogP contribution in [0, 0.1) is 0 Å². The summed E-state index contributed by atoms with van der Waals surface area (Å²) in [6, 6.07) is 0. The van der Waals surface area contributed by atoms with Crippen molar-refractivity contribution in [2.75, 3.05) is 27.2 Å². The number of nitrogens with one attached hydrogen (secondary N) is 1. The minimum absolute atomic E-state index is 0.166. The predicted octanol–water partition coefficient (Wildman–Crippen LogP) is 0.885. The summed E-state index contributed by atoms with van der Waals surface area (Å²) >= 11 is 0. The molecule has 0 bridgehead atoms. The zero-order chi connectivity index (χ0) is 12.3. The van der Waals surface area contributed by atoms with Crippen molar-refractivity contribution in [3.63, 3.8) is 0 Å². The number of hydrogen-bond acceptors (Lipinski definition) is 3. The SMILES string of the molecule is CCC1(C)NC(C)N(CCCN(C)C)C1=O. The molecule has 0 aromatic carbocycles. The van der Waals surface area contributed by atoms with Gasteiger partial charge in [-0.05, 0) is 47.3 Å². The van der Waals surface area contributed by atoms with Crippen LogP contribution in [0.25, 0.3) is 0 Å². The molecule has 0 aromatic heterocycles. The second-order valence-electron chi connectivity index (χ2n) is 5.16. The number of amides is 1. The van der Waals surface area contributed by atoms with Gasteiger partial charge in [-0.15, -0.1) is 0 Å². The predicted molar refractivity (Wildman–Crippen MR) is 66.2 cm³/mol. The summed E-state index contributed by atoms with van der Waals surface area (Å²) in [6.45, 7) is 7.99. The number of carbonyl (C=O) groups is 1.